The lowest BCUT2D eigenvalue weighted by atomic mass is 9.79. The van der Waals surface area contributed by atoms with Gasteiger partial charge in [-0.15, -0.1) is 0 Å². The number of aliphatic hydroxyl groups is 1. The molecule has 3 heteroatoms. The van der Waals surface area contributed by atoms with Crippen LogP contribution in [-0.4, -0.2) is 18.8 Å². The van der Waals surface area contributed by atoms with Crippen molar-refractivity contribution in [3.05, 3.63) is 28.3 Å². The first-order valence-corrected chi connectivity index (χ1v) is 6.29. The third-order valence-electron chi connectivity index (χ3n) is 3.87. The number of aryl methyl sites for hydroxylation is 1. The average Bonchev–Trinajstić information content (AvgIpc) is 2.33. The molecule has 0 fully saturated rings. The predicted molar refractivity (Wildman–Crippen MR) is 75.0 cm³/mol. The van der Waals surface area contributed by atoms with Crippen LogP contribution in [0.15, 0.2) is 6.07 Å². The summed E-state index contributed by atoms with van der Waals surface area (Å²) in [7, 11) is 1.67. The molecule has 0 aliphatic carbocycles. The minimum Gasteiger partial charge on any atom is -0.496 e. The van der Waals surface area contributed by atoms with Gasteiger partial charge >= 0.3 is 0 Å². The first kappa shape index (κ1) is 15.0. The number of ether oxygens (including phenoxy) is 1. The molecule has 0 spiro atoms. The van der Waals surface area contributed by atoms with Gasteiger partial charge in [-0.2, -0.15) is 0 Å². The molecular weight excluding hydrogens is 226 g/mol. The predicted octanol–water partition coefficient (Wildman–Crippen LogP) is 2.64. The monoisotopic (exact) mass is 251 g/mol. The van der Waals surface area contributed by atoms with E-state index >= 15 is 0 Å². The van der Waals surface area contributed by atoms with E-state index in [1.807, 2.05) is 40.7 Å². The van der Waals surface area contributed by atoms with Gasteiger partial charge in [0.2, 0.25) is 0 Å². The van der Waals surface area contributed by atoms with E-state index in [-0.39, 0.29) is 5.41 Å². The molecule has 0 radical (unpaired) electrons. The maximum atomic E-state index is 10.6. The molecule has 102 valence electrons. The Kier molecular flexibility index (Phi) is 4.41. The molecule has 0 aliphatic rings. The van der Waals surface area contributed by atoms with Gasteiger partial charge in [0.25, 0.3) is 0 Å². The lowest BCUT2D eigenvalue weighted by Crippen LogP contribution is -2.31. The Labute approximate surface area is 110 Å². The minimum atomic E-state index is -0.563. The zero-order valence-electron chi connectivity index (χ0n) is 12.3. The van der Waals surface area contributed by atoms with Crippen molar-refractivity contribution >= 4 is 0 Å². The van der Waals surface area contributed by atoms with Crippen LogP contribution in [0.1, 0.15) is 42.2 Å². The van der Waals surface area contributed by atoms with Gasteiger partial charge in [0.05, 0.1) is 13.2 Å². The number of rotatable bonds is 4. The maximum Gasteiger partial charge on any atom is 0.122 e. The Bertz CT molecular complexity index is 439. The second-order valence-corrected chi connectivity index (χ2v) is 5.65. The highest BCUT2D eigenvalue weighted by Gasteiger charge is 2.30. The van der Waals surface area contributed by atoms with Crippen LogP contribution in [0.5, 0.6) is 5.75 Å². The Morgan fingerprint density at radius 1 is 1.28 bits per heavy atom. The van der Waals surface area contributed by atoms with Crippen molar-refractivity contribution in [1.82, 2.24) is 0 Å². The molecule has 1 atom stereocenters. The van der Waals surface area contributed by atoms with Gasteiger partial charge in [0.1, 0.15) is 5.75 Å². The minimum absolute atomic E-state index is 0.337. The molecule has 0 bridgehead atoms. The maximum absolute atomic E-state index is 10.6. The number of benzene rings is 1. The van der Waals surface area contributed by atoms with E-state index in [4.69, 9.17) is 10.5 Å². The van der Waals surface area contributed by atoms with Crippen LogP contribution < -0.4 is 10.5 Å². The summed E-state index contributed by atoms with van der Waals surface area (Å²) in [6, 6.07) is 1.98. The third-order valence-corrected chi connectivity index (χ3v) is 3.87. The van der Waals surface area contributed by atoms with Crippen LogP contribution in [0.2, 0.25) is 0 Å². The van der Waals surface area contributed by atoms with Gasteiger partial charge < -0.3 is 15.6 Å². The van der Waals surface area contributed by atoms with Crippen molar-refractivity contribution in [1.29, 1.82) is 0 Å². The fourth-order valence-electron chi connectivity index (χ4n) is 2.20. The van der Waals surface area contributed by atoms with Crippen molar-refractivity contribution in [3.63, 3.8) is 0 Å². The molecule has 1 rings (SSSR count). The highest BCUT2D eigenvalue weighted by atomic mass is 16.5. The van der Waals surface area contributed by atoms with Gasteiger partial charge in [-0.1, -0.05) is 13.8 Å². The number of nitrogens with two attached hydrogens (primary N) is 1. The zero-order chi connectivity index (χ0) is 14.1. The number of hydrogen-bond donors (Lipinski definition) is 2. The van der Waals surface area contributed by atoms with E-state index in [2.05, 4.69) is 0 Å². The highest BCUT2D eigenvalue weighted by molar-refractivity contribution is 5.49. The smallest absolute Gasteiger partial charge is 0.122 e. The summed E-state index contributed by atoms with van der Waals surface area (Å²) >= 11 is 0. The van der Waals surface area contributed by atoms with Gasteiger partial charge in [0.15, 0.2) is 0 Å². The Morgan fingerprint density at radius 3 is 2.28 bits per heavy atom. The molecule has 0 saturated carbocycles. The fourth-order valence-corrected chi connectivity index (χ4v) is 2.20. The molecule has 1 unspecified atom stereocenters. The molecule has 0 saturated heterocycles. The molecule has 1 aromatic carbocycles. The summed E-state index contributed by atoms with van der Waals surface area (Å²) in [5.74, 6) is 0.867. The lowest BCUT2D eigenvalue weighted by Gasteiger charge is -2.32. The molecule has 0 aliphatic heterocycles. The molecule has 3 N–H and O–H groups in total. The summed E-state index contributed by atoms with van der Waals surface area (Å²) in [6.07, 6.45) is -0.563. The van der Waals surface area contributed by atoms with Crippen molar-refractivity contribution < 1.29 is 9.84 Å². The first-order valence-electron chi connectivity index (χ1n) is 6.29. The van der Waals surface area contributed by atoms with E-state index in [1.165, 1.54) is 0 Å². The summed E-state index contributed by atoms with van der Waals surface area (Å²) in [5, 5.41) is 10.6. The Balaban J connectivity index is 3.38. The number of hydrogen-bond acceptors (Lipinski definition) is 3. The summed E-state index contributed by atoms with van der Waals surface area (Å²) in [6.45, 7) is 10.4. The van der Waals surface area contributed by atoms with E-state index < -0.39 is 6.10 Å². The number of aliphatic hydroxyl groups excluding tert-OH is 1. The molecule has 3 nitrogen and oxygen atoms in total. The van der Waals surface area contributed by atoms with Crippen molar-refractivity contribution in [2.45, 2.75) is 40.7 Å². The standard InChI is InChI=1S/C15H25NO2/c1-9-7-12(18-6)10(2)11(3)13(9)14(17)15(4,5)8-16/h7,14,17H,8,16H2,1-6H3. The van der Waals surface area contributed by atoms with Crippen LogP contribution in [0.25, 0.3) is 0 Å². The third kappa shape index (κ3) is 2.52. The highest BCUT2D eigenvalue weighted by Crippen LogP contribution is 2.38. The molecule has 1 aromatic rings. The molecular formula is C15H25NO2. The summed E-state index contributed by atoms with van der Waals surface area (Å²) in [5.41, 5.74) is 9.60. The molecule has 0 aromatic heterocycles. The first-order chi connectivity index (χ1) is 8.26. The normalized spacial score (nSPS) is 13.6. The van der Waals surface area contributed by atoms with E-state index in [0.717, 1.165) is 28.0 Å². The van der Waals surface area contributed by atoms with Gasteiger partial charge in [-0.3, -0.25) is 0 Å². The van der Waals surface area contributed by atoms with Crippen LogP contribution in [0, 0.1) is 26.2 Å². The topological polar surface area (TPSA) is 55.5 Å². The van der Waals surface area contributed by atoms with E-state index in [0.29, 0.717) is 6.54 Å². The fraction of sp³-hybridized carbons (Fsp3) is 0.600. The summed E-state index contributed by atoms with van der Waals surface area (Å²) in [4.78, 5) is 0. The lowest BCUT2D eigenvalue weighted by molar-refractivity contribution is 0.0543. The van der Waals surface area contributed by atoms with Gasteiger partial charge in [0, 0.05) is 12.0 Å². The van der Waals surface area contributed by atoms with E-state index in [9.17, 15) is 5.11 Å². The van der Waals surface area contributed by atoms with Crippen LogP contribution in [-0.2, 0) is 0 Å². The largest absolute Gasteiger partial charge is 0.496 e. The second-order valence-electron chi connectivity index (χ2n) is 5.65. The number of methoxy groups -OCH3 is 1. The second kappa shape index (κ2) is 5.29. The van der Waals surface area contributed by atoms with Crippen LogP contribution in [0.4, 0.5) is 0 Å². The molecule has 18 heavy (non-hydrogen) atoms. The Hall–Kier alpha value is -1.06. The van der Waals surface area contributed by atoms with Gasteiger partial charge in [-0.05, 0) is 49.1 Å². The van der Waals surface area contributed by atoms with Crippen LogP contribution in [0.3, 0.4) is 0 Å². The SMILES string of the molecule is COc1cc(C)c(C(O)C(C)(C)CN)c(C)c1C. The van der Waals surface area contributed by atoms with Gasteiger partial charge in [-0.25, -0.2) is 0 Å². The summed E-state index contributed by atoms with van der Waals surface area (Å²) < 4.78 is 5.35. The molecule has 0 heterocycles. The van der Waals surface area contributed by atoms with Crippen molar-refractivity contribution in [2.75, 3.05) is 13.7 Å². The van der Waals surface area contributed by atoms with Crippen molar-refractivity contribution in [3.8, 4) is 5.75 Å². The van der Waals surface area contributed by atoms with Crippen molar-refractivity contribution in [2.24, 2.45) is 11.1 Å². The average molecular weight is 251 g/mol. The quantitative estimate of drug-likeness (QED) is 0.865. The van der Waals surface area contributed by atoms with Crippen LogP contribution >= 0.6 is 0 Å². The van der Waals surface area contributed by atoms with E-state index in [1.54, 1.807) is 7.11 Å². The Morgan fingerprint density at radius 2 is 1.83 bits per heavy atom. The molecule has 0 amide bonds. The zero-order valence-corrected chi connectivity index (χ0v) is 12.3.